The largest absolute Gasteiger partial charge is 0.493 e. The van der Waals surface area contributed by atoms with Crippen molar-refractivity contribution in [2.24, 2.45) is 0 Å². The van der Waals surface area contributed by atoms with E-state index >= 15 is 0 Å². The summed E-state index contributed by atoms with van der Waals surface area (Å²) in [6, 6.07) is 14.2. The van der Waals surface area contributed by atoms with Crippen molar-refractivity contribution in [3.05, 3.63) is 60.4 Å². The van der Waals surface area contributed by atoms with Gasteiger partial charge >= 0.3 is 5.97 Å². The fourth-order valence-corrected chi connectivity index (χ4v) is 3.91. The Morgan fingerprint density at radius 2 is 1.61 bits per heavy atom. The average Bonchev–Trinajstić information content (AvgIpc) is 2.96. The third kappa shape index (κ3) is 5.25. The molecule has 0 aliphatic heterocycles. The molecule has 2 heterocycles. The van der Waals surface area contributed by atoms with E-state index in [-0.39, 0.29) is 11.6 Å². The van der Waals surface area contributed by atoms with Gasteiger partial charge in [-0.05, 0) is 54.3 Å². The van der Waals surface area contributed by atoms with E-state index in [4.69, 9.17) is 33.2 Å². The predicted octanol–water partition coefficient (Wildman–Crippen LogP) is 5.27. The van der Waals surface area contributed by atoms with Gasteiger partial charge in [0.25, 0.3) is 0 Å². The Morgan fingerprint density at radius 1 is 0.868 bits per heavy atom. The van der Waals surface area contributed by atoms with Gasteiger partial charge in [-0.15, -0.1) is 0 Å². The standard InChI is InChI=1S/C28H28N2O8/c1-16(32-2)37-27-20-15-18(38-23-9-7-8-12-29-23)10-11-19(20)24(25(30-27)28(31)36-6)17-13-21(33-3)26(35-5)22(14-17)34-4/h7-16H,1-6H3. The maximum atomic E-state index is 13.0. The highest BCUT2D eigenvalue weighted by Gasteiger charge is 2.26. The van der Waals surface area contributed by atoms with E-state index in [0.717, 1.165) is 0 Å². The van der Waals surface area contributed by atoms with Crippen LogP contribution in [-0.4, -0.2) is 57.8 Å². The number of carbonyl (C=O) groups excluding carboxylic acids is 1. The van der Waals surface area contributed by atoms with Gasteiger partial charge in [-0.1, -0.05) is 6.07 Å². The topological polar surface area (TPSA) is 107 Å². The van der Waals surface area contributed by atoms with Crippen LogP contribution in [-0.2, 0) is 9.47 Å². The lowest BCUT2D eigenvalue weighted by atomic mass is 9.96. The van der Waals surface area contributed by atoms with Crippen molar-refractivity contribution in [1.29, 1.82) is 0 Å². The number of hydrogen-bond acceptors (Lipinski definition) is 10. The van der Waals surface area contributed by atoms with Crippen LogP contribution in [0.1, 0.15) is 17.4 Å². The van der Waals surface area contributed by atoms with Crippen LogP contribution in [0.3, 0.4) is 0 Å². The fourth-order valence-electron chi connectivity index (χ4n) is 3.91. The summed E-state index contributed by atoms with van der Waals surface area (Å²) in [5, 5.41) is 1.21. The number of nitrogens with zero attached hydrogens (tertiary/aromatic N) is 2. The summed E-state index contributed by atoms with van der Waals surface area (Å²) in [6.07, 6.45) is 0.987. The molecular weight excluding hydrogens is 492 g/mol. The number of pyridine rings is 2. The van der Waals surface area contributed by atoms with Crippen molar-refractivity contribution < 1.29 is 38.0 Å². The maximum Gasteiger partial charge on any atom is 0.357 e. The first-order valence-corrected chi connectivity index (χ1v) is 11.6. The Balaban J connectivity index is 2.03. The molecule has 0 amide bonds. The first-order valence-electron chi connectivity index (χ1n) is 11.6. The molecule has 38 heavy (non-hydrogen) atoms. The van der Waals surface area contributed by atoms with Crippen LogP contribution in [0, 0.1) is 0 Å². The van der Waals surface area contributed by atoms with Gasteiger partial charge in [0.05, 0.1) is 28.4 Å². The van der Waals surface area contributed by atoms with Gasteiger partial charge in [-0.3, -0.25) is 0 Å². The second kappa shape index (κ2) is 11.7. The Morgan fingerprint density at radius 3 is 2.18 bits per heavy atom. The van der Waals surface area contributed by atoms with E-state index in [0.29, 0.717) is 50.8 Å². The Kier molecular flexibility index (Phi) is 8.12. The molecule has 0 radical (unpaired) electrons. The van der Waals surface area contributed by atoms with Crippen molar-refractivity contribution in [3.63, 3.8) is 0 Å². The highest BCUT2D eigenvalue weighted by atomic mass is 16.7. The predicted molar refractivity (Wildman–Crippen MR) is 140 cm³/mol. The number of esters is 1. The van der Waals surface area contributed by atoms with Gasteiger partial charge in [-0.25, -0.2) is 14.8 Å². The molecule has 0 N–H and O–H groups in total. The summed E-state index contributed by atoms with van der Waals surface area (Å²) >= 11 is 0. The molecule has 0 spiro atoms. The summed E-state index contributed by atoms with van der Waals surface area (Å²) in [5.74, 6) is 1.66. The average molecular weight is 521 g/mol. The molecule has 0 saturated heterocycles. The molecule has 4 aromatic rings. The van der Waals surface area contributed by atoms with Crippen molar-refractivity contribution in [3.8, 4) is 45.9 Å². The molecule has 0 saturated carbocycles. The molecule has 1 atom stereocenters. The molecule has 1 unspecified atom stereocenters. The smallest absolute Gasteiger partial charge is 0.357 e. The number of carbonyl (C=O) groups is 1. The van der Waals surface area contributed by atoms with E-state index in [2.05, 4.69) is 9.97 Å². The number of ether oxygens (including phenoxy) is 7. The molecule has 0 aliphatic carbocycles. The van der Waals surface area contributed by atoms with E-state index in [1.165, 1.54) is 35.5 Å². The lowest BCUT2D eigenvalue weighted by molar-refractivity contribution is -0.0401. The van der Waals surface area contributed by atoms with Gasteiger partial charge in [0.2, 0.25) is 17.5 Å². The summed E-state index contributed by atoms with van der Waals surface area (Å²) < 4.78 is 38.8. The highest BCUT2D eigenvalue weighted by molar-refractivity contribution is 6.08. The summed E-state index contributed by atoms with van der Waals surface area (Å²) in [7, 11) is 7.35. The maximum absolute atomic E-state index is 13.0. The van der Waals surface area contributed by atoms with Gasteiger partial charge in [0.1, 0.15) is 5.75 Å². The SMILES string of the molecule is COC(=O)c1nc(OC(C)OC)c2cc(Oc3ccccn3)ccc2c1-c1cc(OC)c(OC)c(OC)c1. The third-order valence-electron chi connectivity index (χ3n) is 5.74. The van der Waals surface area contributed by atoms with E-state index in [1.54, 1.807) is 49.5 Å². The van der Waals surface area contributed by atoms with E-state index in [9.17, 15) is 4.79 Å². The van der Waals surface area contributed by atoms with Crippen LogP contribution in [0.2, 0.25) is 0 Å². The second-order valence-corrected chi connectivity index (χ2v) is 7.94. The second-order valence-electron chi connectivity index (χ2n) is 7.94. The van der Waals surface area contributed by atoms with Crippen molar-refractivity contribution in [1.82, 2.24) is 9.97 Å². The quantitative estimate of drug-likeness (QED) is 0.203. The summed E-state index contributed by atoms with van der Waals surface area (Å²) in [4.78, 5) is 21.8. The molecule has 4 rings (SSSR count). The number of methoxy groups -OCH3 is 5. The van der Waals surface area contributed by atoms with Crippen molar-refractivity contribution in [2.45, 2.75) is 13.2 Å². The lowest BCUT2D eigenvalue weighted by Crippen LogP contribution is -2.16. The van der Waals surface area contributed by atoms with Gasteiger partial charge in [-0.2, -0.15) is 0 Å². The lowest BCUT2D eigenvalue weighted by Gasteiger charge is -2.20. The summed E-state index contributed by atoms with van der Waals surface area (Å²) in [5.41, 5.74) is 1.10. The number of aromatic nitrogens is 2. The number of fused-ring (bicyclic) bond motifs is 1. The molecule has 2 aromatic heterocycles. The molecule has 10 nitrogen and oxygen atoms in total. The van der Waals surface area contributed by atoms with Gasteiger partial charge in [0, 0.05) is 30.3 Å². The number of rotatable bonds is 10. The molecule has 0 aliphatic rings. The van der Waals surface area contributed by atoms with Crippen LogP contribution < -0.4 is 23.7 Å². The van der Waals surface area contributed by atoms with E-state index < -0.39 is 12.3 Å². The van der Waals surface area contributed by atoms with Crippen molar-refractivity contribution in [2.75, 3.05) is 35.5 Å². The zero-order chi connectivity index (χ0) is 27.2. The first-order chi connectivity index (χ1) is 18.4. The molecule has 0 fully saturated rings. The number of hydrogen-bond donors (Lipinski definition) is 0. The van der Waals surface area contributed by atoms with E-state index in [1.807, 2.05) is 12.1 Å². The Bertz CT molecular complexity index is 1420. The highest BCUT2D eigenvalue weighted by Crippen LogP contribution is 2.45. The molecule has 10 heteroatoms. The molecule has 2 aromatic carbocycles. The van der Waals surface area contributed by atoms with Crippen LogP contribution in [0.5, 0.6) is 34.8 Å². The van der Waals surface area contributed by atoms with Crippen LogP contribution in [0.15, 0.2) is 54.7 Å². The molecular formula is C28H28N2O8. The minimum absolute atomic E-state index is 0.0333. The van der Waals surface area contributed by atoms with Crippen LogP contribution >= 0.6 is 0 Å². The zero-order valence-corrected chi connectivity index (χ0v) is 21.9. The first kappa shape index (κ1) is 26.5. The normalized spacial score (nSPS) is 11.5. The monoisotopic (exact) mass is 520 g/mol. The minimum Gasteiger partial charge on any atom is -0.493 e. The zero-order valence-electron chi connectivity index (χ0n) is 21.9. The third-order valence-corrected chi connectivity index (χ3v) is 5.74. The van der Waals surface area contributed by atoms with Crippen LogP contribution in [0.4, 0.5) is 0 Å². The van der Waals surface area contributed by atoms with Gasteiger partial charge in [0.15, 0.2) is 23.5 Å². The fraction of sp³-hybridized carbons (Fsp3) is 0.250. The summed E-state index contributed by atoms with van der Waals surface area (Å²) in [6.45, 7) is 1.71. The molecule has 0 bridgehead atoms. The Hall–Kier alpha value is -4.57. The van der Waals surface area contributed by atoms with Crippen molar-refractivity contribution >= 4 is 16.7 Å². The minimum atomic E-state index is -0.653. The number of benzene rings is 2. The Labute approximate surface area is 220 Å². The molecule has 198 valence electrons. The van der Waals surface area contributed by atoms with Crippen LogP contribution in [0.25, 0.3) is 21.9 Å². The van der Waals surface area contributed by atoms with Gasteiger partial charge < -0.3 is 33.2 Å².